The van der Waals surface area contributed by atoms with Crippen LogP contribution >= 0.6 is 12.4 Å². The molecule has 0 saturated carbocycles. The molecule has 18 heavy (non-hydrogen) atoms. The molecule has 1 aromatic rings. The maximum absolute atomic E-state index is 12.0. The van der Waals surface area contributed by atoms with Gasteiger partial charge in [0.15, 0.2) is 0 Å². The van der Waals surface area contributed by atoms with Gasteiger partial charge in [-0.1, -0.05) is 36.8 Å². The van der Waals surface area contributed by atoms with Gasteiger partial charge in [-0.2, -0.15) is 0 Å². The van der Waals surface area contributed by atoms with Gasteiger partial charge in [0.2, 0.25) is 5.91 Å². The van der Waals surface area contributed by atoms with Crippen molar-refractivity contribution in [1.82, 2.24) is 4.90 Å². The third-order valence-electron chi connectivity index (χ3n) is 3.06. The number of aryl methyl sites for hydroxylation is 1. The molecule has 4 heteroatoms. The van der Waals surface area contributed by atoms with E-state index in [-0.39, 0.29) is 30.3 Å². The van der Waals surface area contributed by atoms with E-state index in [4.69, 9.17) is 5.73 Å². The van der Waals surface area contributed by atoms with E-state index in [1.54, 1.807) is 4.90 Å². The van der Waals surface area contributed by atoms with Crippen LogP contribution in [0, 0.1) is 12.8 Å². The summed E-state index contributed by atoms with van der Waals surface area (Å²) in [7, 11) is 1.82. The van der Waals surface area contributed by atoms with Crippen molar-refractivity contribution in [1.29, 1.82) is 0 Å². The van der Waals surface area contributed by atoms with Crippen LogP contribution in [-0.4, -0.2) is 23.9 Å². The van der Waals surface area contributed by atoms with E-state index in [9.17, 15) is 4.79 Å². The summed E-state index contributed by atoms with van der Waals surface area (Å²) in [4.78, 5) is 13.8. The number of nitrogens with zero attached hydrogens (tertiary/aromatic N) is 1. The Hall–Kier alpha value is -1.06. The molecule has 0 aliphatic heterocycles. The van der Waals surface area contributed by atoms with Crippen molar-refractivity contribution < 1.29 is 4.79 Å². The number of carbonyl (C=O) groups is 1. The van der Waals surface area contributed by atoms with Gasteiger partial charge in [-0.25, -0.2) is 0 Å². The minimum absolute atomic E-state index is 0. The van der Waals surface area contributed by atoms with Crippen LogP contribution in [0.3, 0.4) is 0 Å². The highest BCUT2D eigenvalue weighted by atomic mass is 35.5. The molecule has 2 atom stereocenters. The molecular weight excluding hydrogens is 248 g/mol. The number of amides is 1. The van der Waals surface area contributed by atoms with Crippen molar-refractivity contribution in [3.63, 3.8) is 0 Å². The molecule has 3 nitrogen and oxygen atoms in total. The maximum atomic E-state index is 12.0. The van der Waals surface area contributed by atoms with E-state index in [0.717, 1.165) is 5.56 Å². The fourth-order valence-electron chi connectivity index (χ4n) is 1.73. The molecule has 0 aromatic heterocycles. The lowest BCUT2D eigenvalue weighted by atomic mass is 10.0. The first-order valence-corrected chi connectivity index (χ1v) is 5.98. The van der Waals surface area contributed by atoms with Crippen LogP contribution in [0.4, 0.5) is 0 Å². The van der Waals surface area contributed by atoms with Gasteiger partial charge in [-0.3, -0.25) is 4.79 Å². The maximum Gasteiger partial charge on any atom is 0.226 e. The molecule has 1 rings (SSSR count). The third kappa shape index (κ3) is 4.67. The van der Waals surface area contributed by atoms with Gasteiger partial charge >= 0.3 is 0 Å². The van der Waals surface area contributed by atoms with Gasteiger partial charge in [0.25, 0.3) is 0 Å². The monoisotopic (exact) mass is 270 g/mol. The number of rotatable bonds is 4. The average Bonchev–Trinajstić information content (AvgIpc) is 2.26. The van der Waals surface area contributed by atoms with Gasteiger partial charge in [0, 0.05) is 19.6 Å². The summed E-state index contributed by atoms with van der Waals surface area (Å²) in [5.74, 6) is -0.0358. The second kappa shape index (κ2) is 7.39. The Balaban J connectivity index is 0.00000289. The summed E-state index contributed by atoms with van der Waals surface area (Å²) in [6.07, 6.45) is 0. The molecule has 0 bridgehead atoms. The number of hydrogen-bond donors (Lipinski definition) is 1. The molecule has 0 saturated heterocycles. The highest BCUT2D eigenvalue weighted by molar-refractivity contribution is 5.85. The van der Waals surface area contributed by atoms with Crippen LogP contribution < -0.4 is 5.73 Å². The zero-order valence-corrected chi connectivity index (χ0v) is 12.3. The smallest absolute Gasteiger partial charge is 0.226 e. The van der Waals surface area contributed by atoms with Crippen LogP contribution in [-0.2, 0) is 11.3 Å². The highest BCUT2D eigenvalue weighted by Crippen LogP contribution is 2.10. The van der Waals surface area contributed by atoms with E-state index < -0.39 is 0 Å². The summed E-state index contributed by atoms with van der Waals surface area (Å²) in [6.45, 7) is 6.43. The van der Waals surface area contributed by atoms with Crippen molar-refractivity contribution in [2.24, 2.45) is 11.7 Å². The first kappa shape index (κ1) is 16.9. The number of benzene rings is 1. The summed E-state index contributed by atoms with van der Waals surface area (Å²) in [5, 5.41) is 0. The lowest BCUT2D eigenvalue weighted by Gasteiger charge is -2.23. The Morgan fingerprint density at radius 3 is 2.50 bits per heavy atom. The Morgan fingerprint density at radius 1 is 1.39 bits per heavy atom. The summed E-state index contributed by atoms with van der Waals surface area (Å²) in [5.41, 5.74) is 8.11. The molecule has 2 N–H and O–H groups in total. The van der Waals surface area contributed by atoms with Crippen LogP contribution in [0.25, 0.3) is 0 Å². The Kier molecular flexibility index (Phi) is 6.96. The Labute approximate surface area is 116 Å². The minimum Gasteiger partial charge on any atom is -0.341 e. The van der Waals surface area contributed by atoms with Crippen molar-refractivity contribution >= 4 is 18.3 Å². The fourth-order valence-corrected chi connectivity index (χ4v) is 1.73. The summed E-state index contributed by atoms with van der Waals surface area (Å²) >= 11 is 0. The quantitative estimate of drug-likeness (QED) is 0.913. The summed E-state index contributed by atoms with van der Waals surface area (Å²) < 4.78 is 0. The van der Waals surface area contributed by atoms with Gasteiger partial charge in [0.1, 0.15) is 0 Å². The van der Waals surface area contributed by atoms with Crippen LogP contribution in [0.1, 0.15) is 25.0 Å². The molecule has 1 aromatic carbocycles. The predicted molar refractivity (Wildman–Crippen MR) is 77.7 cm³/mol. The second-order valence-corrected chi connectivity index (χ2v) is 4.83. The van der Waals surface area contributed by atoms with Crippen molar-refractivity contribution in [2.45, 2.75) is 33.4 Å². The predicted octanol–water partition coefficient (Wildman–Crippen LogP) is 2.36. The largest absolute Gasteiger partial charge is 0.341 e. The van der Waals surface area contributed by atoms with E-state index in [2.05, 4.69) is 19.1 Å². The highest BCUT2D eigenvalue weighted by Gasteiger charge is 2.20. The second-order valence-electron chi connectivity index (χ2n) is 4.83. The zero-order valence-electron chi connectivity index (χ0n) is 11.5. The standard InChI is InChI=1S/C14H22N2O.ClH/c1-10-6-5-7-13(8-10)9-16(4)14(17)11(2)12(3)15;/h5-8,11-12H,9,15H2,1-4H3;1H. The average molecular weight is 271 g/mol. The van der Waals surface area contributed by atoms with E-state index in [1.807, 2.05) is 33.0 Å². The minimum atomic E-state index is -0.134. The molecule has 0 aliphatic carbocycles. The summed E-state index contributed by atoms with van der Waals surface area (Å²) in [6, 6.07) is 8.09. The lowest BCUT2D eigenvalue weighted by molar-refractivity contribution is -0.134. The van der Waals surface area contributed by atoms with Crippen molar-refractivity contribution in [3.8, 4) is 0 Å². The van der Waals surface area contributed by atoms with Gasteiger partial charge in [-0.05, 0) is 19.4 Å². The number of hydrogen-bond acceptors (Lipinski definition) is 2. The third-order valence-corrected chi connectivity index (χ3v) is 3.06. The first-order valence-electron chi connectivity index (χ1n) is 5.98. The van der Waals surface area contributed by atoms with E-state index >= 15 is 0 Å². The number of halogens is 1. The normalized spacial score (nSPS) is 13.4. The van der Waals surface area contributed by atoms with Crippen molar-refractivity contribution in [2.75, 3.05) is 7.05 Å². The van der Waals surface area contributed by atoms with Crippen LogP contribution in [0.2, 0.25) is 0 Å². The Morgan fingerprint density at radius 2 is 2.00 bits per heavy atom. The van der Waals surface area contributed by atoms with Crippen LogP contribution in [0.5, 0.6) is 0 Å². The zero-order chi connectivity index (χ0) is 13.0. The SMILES string of the molecule is Cc1cccc(CN(C)C(=O)C(C)C(C)N)c1.Cl. The number of nitrogens with two attached hydrogens (primary N) is 1. The fraction of sp³-hybridized carbons (Fsp3) is 0.500. The van der Waals surface area contributed by atoms with Gasteiger partial charge in [0.05, 0.1) is 5.92 Å². The van der Waals surface area contributed by atoms with Gasteiger partial charge in [-0.15, -0.1) is 12.4 Å². The molecule has 1 amide bonds. The molecular formula is C14H23ClN2O. The number of carbonyl (C=O) groups excluding carboxylic acids is 1. The van der Waals surface area contributed by atoms with E-state index in [0.29, 0.717) is 6.54 Å². The molecule has 0 heterocycles. The molecule has 102 valence electrons. The van der Waals surface area contributed by atoms with E-state index in [1.165, 1.54) is 5.56 Å². The molecule has 0 fully saturated rings. The molecule has 0 radical (unpaired) electrons. The van der Waals surface area contributed by atoms with Gasteiger partial charge < -0.3 is 10.6 Å². The molecule has 2 unspecified atom stereocenters. The molecule has 0 spiro atoms. The topological polar surface area (TPSA) is 46.3 Å². The van der Waals surface area contributed by atoms with Crippen molar-refractivity contribution in [3.05, 3.63) is 35.4 Å². The lowest BCUT2D eigenvalue weighted by Crippen LogP contribution is -2.39. The first-order chi connectivity index (χ1) is 7.91. The van der Waals surface area contributed by atoms with Crippen LogP contribution in [0.15, 0.2) is 24.3 Å². The molecule has 0 aliphatic rings. The Bertz CT molecular complexity index is 393.